The van der Waals surface area contributed by atoms with Crippen LogP contribution < -0.4 is 5.32 Å². The highest BCUT2D eigenvalue weighted by atomic mass is 14.8. The fraction of sp³-hybridized carbons (Fsp3) is 0.667. The van der Waals surface area contributed by atoms with Crippen molar-refractivity contribution < 1.29 is 0 Å². The zero-order valence-corrected chi connectivity index (χ0v) is 12.5. The maximum Gasteiger partial charge on any atom is 0.0205 e. The predicted octanol–water partition coefficient (Wildman–Crippen LogP) is 5.01. The molecule has 0 unspecified atom stereocenters. The van der Waals surface area contributed by atoms with Crippen LogP contribution in [0.5, 0.6) is 0 Å². The van der Waals surface area contributed by atoms with Crippen molar-refractivity contribution in [1.82, 2.24) is 5.32 Å². The maximum absolute atomic E-state index is 3.56. The lowest BCUT2D eigenvalue weighted by molar-refractivity contribution is 0.572. The zero-order chi connectivity index (χ0) is 13.3. The third-order valence-electron chi connectivity index (χ3n) is 4.06. The Balaban J connectivity index is 1.50. The summed E-state index contributed by atoms with van der Waals surface area (Å²) in [4.78, 5) is 0. The number of unbranched alkanes of at least 4 members (excludes halogenated alkanes) is 5. The summed E-state index contributed by atoms with van der Waals surface area (Å²) in [5, 5.41) is 3.56. The molecule has 106 valence electrons. The molecule has 0 saturated heterocycles. The minimum atomic E-state index is 0.880. The van der Waals surface area contributed by atoms with E-state index in [0.29, 0.717) is 0 Å². The Hall–Kier alpha value is -0.820. The van der Waals surface area contributed by atoms with Gasteiger partial charge in [0.15, 0.2) is 0 Å². The Labute approximate surface area is 118 Å². The molecule has 1 aliphatic rings. The molecule has 2 rings (SSSR count). The average molecular weight is 259 g/mol. The molecule has 0 radical (unpaired) electrons. The van der Waals surface area contributed by atoms with E-state index in [-0.39, 0.29) is 0 Å². The normalized spacial score (nSPS) is 14.8. The van der Waals surface area contributed by atoms with Gasteiger partial charge >= 0.3 is 0 Å². The fourth-order valence-corrected chi connectivity index (χ4v) is 2.59. The summed E-state index contributed by atoms with van der Waals surface area (Å²) in [7, 11) is 0. The van der Waals surface area contributed by atoms with Crippen LogP contribution in [0.2, 0.25) is 0 Å². The summed E-state index contributed by atoms with van der Waals surface area (Å²) < 4.78 is 0. The lowest BCUT2D eigenvalue weighted by atomic mass is 10.1. The molecule has 1 aliphatic carbocycles. The van der Waals surface area contributed by atoms with E-state index in [1.807, 2.05) is 0 Å². The second kappa shape index (κ2) is 8.37. The first-order chi connectivity index (χ1) is 9.40. The van der Waals surface area contributed by atoms with Crippen molar-refractivity contribution >= 4 is 0 Å². The zero-order valence-electron chi connectivity index (χ0n) is 12.5. The van der Waals surface area contributed by atoms with Gasteiger partial charge in [-0.25, -0.2) is 0 Å². The molecule has 0 amide bonds. The molecule has 1 heteroatoms. The number of rotatable bonds is 10. The summed E-state index contributed by atoms with van der Waals surface area (Å²) in [6, 6.07) is 9.22. The van der Waals surface area contributed by atoms with E-state index in [9.17, 15) is 0 Å². The van der Waals surface area contributed by atoms with Gasteiger partial charge < -0.3 is 5.32 Å². The summed E-state index contributed by atoms with van der Waals surface area (Å²) in [6.07, 6.45) is 11.1. The van der Waals surface area contributed by atoms with Gasteiger partial charge in [0.25, 0.3) is 0 Å². The van der Waals surface area contributed by atoms with Crippen molar-refractivity contribution in [3.05, 3.63) is 35.4 Å². The van der Waals surface area contributed by atoms with Crippen molar-refractivity contribution in [3.63, 3.8) is 0 Å². The highest BCUT2D eigenvalue weighted by molar-refractivity contribution is 5.27. The molecular formula is C18H29N. The van der Waals surface area contributed by atoms with Crippen LogP contribution in [-0.4, -0.2) is 6.54 Å². The predicted molar refractivity (Wildman–Crippen MR) is 83.5 cm³/mol. The summed E-state index contributed by atoms with van der Waals surface area (Å²) in [6.45, 7) is 4.46. The number of hydrogen-bond acceptors (Lipinski definition) is 1. The second-order valence-electron chi connectivity index (χ2n) is 5.96. The second-order valence-corrected chi connectivity index (χ2v) is 5.96. The Morgan fingerprint density at radius 2 is 1.63 bits per heavy atom. The average Bonchev–Trinajstić information content (AvgIpc) is 3.27. The van der Waals surface area contributed by atoms with Gasteiger partial charge in [0, 0.05) is 6.54 Å². The summed E-state index contributed by atoms with van der Waals surface area (Å²) in [5.74, 6) is 0.880. The minimum absolute atomic E-state index is 0.880. The van der Waals surface area contributed by atoms with Gasteiger partial charge in [0.05, 0.1) is 0 Å². The largest absolute Gasteiger partial charge is 0.313 e. The summed E-state index contributed by atoms with van der Waals surface area (Å²) in [5.41, 5.74) is 2.97. The Morgan fingerprint density at radius 3 is 2.32 bits per heavy atom. The van der Waals surface area contributed by atoms with Crippen LogP contribution >= 0.6 is 0 Å². The molecule has 0 atom stereocenters. The van der Waals surface area contributed by atoms with Crippen molar-refractivity contribution in [2.75, 3.05) is 6.54 Å². The molecule has 1 N–H and O–H groups in total. The highest BCUT2D eigenvalue weighted by Crippen LogP contribution is 2.39. The van der Waals surface area contributed by atoms with E-state index in [2.05, 4.69) is 36.5 Å². The van der Waals surface area contributed by atoms with Crippen LogP contribution in [0.15, 0.2) is 24.3 Å². The molecule has 1 fully saturated rings. The quantitative estimate of drug-likeness (QED) is 0.582. The number of benzene rings is 1. The van der Waals surface area contributed by atoms with Crippen LogP contribution in [-0.2, 0) is 6.54 Å². The fourth-order valence-electron chi connectivity index (χ4n) is 2.59. The molecular weight excluding hydrogens is 230 g/mol. The van der Waals surface area contributed by atoms with Crippen molar-refractivity contribution in [2.45, 2.75) is 70.8 Å². The lowest BCUT2D eigenvalue weighted by Crippen LogP contribution is -2.14. The molecule has 0 bridgehead atoms. The molecule has 19 heavy (non-hydrogen) atoms. The van der Waals surface area contributed by atoms with Gasteiger partial charge in [-0.05, 0) is 42.9 Å². The molecule has 1 nitrogen and oxygen atoms in total. The van der Waals surface area contributed by atoms with Gasteiger partial charge in [0.2, 0.25) is 0 Å². The van der Waals surface area contributed by atoms with Gasteiger partial charge in [-0.1, -0.05) is 63.3 Å². The lowest BCUT2D eigenvalue weighted by Gasteiger charge is -2.06. The van der Waals surface area contributed by atoms with E-state index in [1.54, 1.807) is 5.56 Å². The first kappa shape index (κ1) is 14.6. The number of hydrogen-bond donors (Lipinski definition) is 1. The van der Waals surface area contributed by atoms with Gasteiger partial charge in [-0.3, -0.25) is 0 Å². The third kappa shape index (κ3) is 5.78. The third-order valence-corrected chi connectivity index (χ3v) is 4.06. The Kier molecular flexibility index (Phi) is 6.43. The molecule has 1 aromatic carbocycles. The first-order valence-electron chi connectivity index (χ1n) is 8.19. The van der Waals surface area contributed by atoms with Crippen molar-refractivity contribution in [1.29, 1.82) is 0 Å². The van der Waals surface area contributed by atoms with Crippen LogP contribution in [0.3, 0.4) is 0 Å². The molecule has 1 saturated carbocycles. The summed E-state index contributed by atoms with van der Waals surface area (Å²) >= 11 is 0. The molecule has 0 spiro atoms. The SMILES string of the molecule is CCCCCCCCNCc1ccc(C2CC2)cc1. The molecule has 1 aromatic rings. The smallest absolute Gasteiger partial charge is 0.0205 e. The topological polar surface area (TPSA) is 12.0 Å². The molecule has 0 aromatic heterocycles. The first-order valence-corrected chi connectivity index (χ1v) is 8.19. The molecule has 0 heterocycles. The standard InChI is InChI=1S/C18H29N/c1-2-3-4-5-6-7-14-19-15-16-8-10-17(11-9-16)18-12-13-18/h8-11,18-19H,2-7,12-15H2,1H3. The van der Waals surface area contributed by atoms with Gasteiger partial charge in [0.1, 0.15) is 0 Å². The van der Waals surface area contributed by atoms with E-state index in [0.717, 1.165) is 19.0 Å². The van der Waals surface area contributed by atoms with Crippen molar-refractivity contribution in [2.24, 2.45) is 0 Å². The van der Waals surface area contributed by atoms with Crippen molar-refractivity contribution in [3.8, 4) is 0 Å². The Morgan fingerprint density at radius 1 is 0.947 bits per heavy atom. The monoisotopic (exact) mass is 259 g/mol. The van der Waals surface area contributed by atoms with E-state index < -0.39 is 0 Å². The van der Waals surface area contributed by atoms with Crippen LogP contribution in [0.1, 0.15) is 75.3 Å². The van der Waals surface area contributed by atoms with E-state index in [4.69, 9.17) is 0 Å². The maximum atomic E-state index is 3.56. The van der Waals surface area contributed by atoms with E-state index in [1.165, 1.54) is 56.9 Å². The van der Waals surface area contributed by atoms with Crippen LogP contribution in [0, 0.1) is 0 Å². The molecule has 0 aliphatic heterocycles. The van der Waals surface area contributed by atoms with Crippen LogP contribution in [0.25, 0.3) is 0 Å². The van der Waals surface area contributed by atoms with E-state index >= 15 is 0 Å². The highest BCUT2D eigenvalue weighted by Gasteiger charge is 2.22. The van der Waals surface area contributed by atoms with Gasteiger partial charge in [-0.15, -0.1) is 0 Å². The van der Waals surface area contributed by atoms with Gasteiger partial charge in [-0.2, -0.15) is 0 Å². The Bertz CT molecular complexity index is 337. The van der Waals surface area contributed by atoms with Crippen LogP contribution in [0.4, 0.5) is 0 Å². The minimum Gasteiger partial charge on any atom is -0.313 e. The number of nitrogens with one attached hydrogen (secondary N) is 1.